The van der Waals surface area contributed by atoms with Gasteiger partial charge in [-0.15, -0.1) is 6.42 Å². The van der Waals surface area contributed by atoms with Gasteiger partial charge < -0.3 is 10.1 Å². The maximum atomic E-state index is 12.0. The van der Waals surface area contributed by atoms with E-state index in [2.05, 4.69) is 27.2 Å². The van der Waals surface area contributed by atoms with Gasteiger partial charge in [0.05, 0.1) is 7.11 Å². The van der Waals surface area contributed by atoms with Crippen LogP contribution in [0.25, 0.3) is 6.08 Å². The molecule has 4 heteroatoms. The zero-order valence-corrected chi connectivity index (χ0v) is 13.6. The Balaban J connectivity index is 2.11. The van der Waals surface area contributed by atoms with Crippen molar-refractivity contribution in [2.24, 2.45) is 0 Å². The second-order valence-electron chi connectivity index (χ2n) is 4.43. The molecule has 1 amide bonds. The Bertz CT molecular complexity index is 760. The molecule has 0 fully saturated rings. The summed E-state index contributed by atoms with van der Waals surface area (Å²) in [7, 11) is 1.59. The fourth-order valence-corrected chi connectivity index (χ4v) is 2.25. The van der Waals surface area contributed by atoms with E-state index in [-0.39, 0.29) is 5.91 Å². The second-order valence-corrected chi connectivity index (χ2v) is 5.35. The molecule has 0 atom stereocenters. The van der Waals surface area contributed by atoms with Crippen LogP contribution in [-0.4, -0.2) is 13.0 Å². The minimum absolute atomic E-state index is 0.240. The number of ether oxygens (including phenoxy) is 1. The Morgan fingerprint density at radius 3 is 2.86 bits per heavy atom. The van der Waals surface area contributed by atoms with Crippen LogP contribution in [0.2, 0.25) is 0 Å². The highest BCUT2D eigenvalue weighted by atomic mass is 79.9. The van der Waals surface area contributed by atoms with Crippen LogP contribution in [0.1, 0.15) is 11.1 Å². The van der Waals surface area contributed by atoms with Gasteiger partial charge in [0.1, 0.15) is 5.75 Å². The summed E-state index contributed by atoms with van der Waals surface area (Å²) in [6.07, 6.45) is 8.48. The summed E-state index contributed by atoms with van der Waals surface area (Å²) >= 11 is 3.39. The van der Waals surface area contributed by atoms with Crippen molar-refractivity contribution in [3.05, 3.63) is 64.1 Å². The highest BCUT2D eigenvalue weighted by Gasteiger charge is 2.02. The Morgan fingerprint density at radius 1 is 1.32 bits per heavy atom. The molecule has 0 spiro atoms. The lowest BCUT2D eigenvalue weighted by molar-refractivity contribution is -0.111. The maximum absolute atomic E-state index is 12.0. The first-order valence-electron chi connectivity index (χ1n) is 6.51. The van der Waals surface area contributed by atoms with Crippen molar-refractivity contribution in [1.82, 2.24) is 0 Å². The average Bonchev–Trinajstić information content (AvgIpc) is 2.53. The van der Waals surface area contributed by atoms with E-state index in [1.54, 1.807) is 37.5 Å². The molecule has 0 bridgehead atoms. The van der Waals surface area contributed by atoms with E-state index in [1.807, 2.05) is 18.2 Å². The fourth-order valence-electron chi connectivity index (χ4n) is 1.87. The summed E-state index contributed by atoms with van der Waals surface area (Å²) in [5.41, 5.74) is 2.19. The van der Waals surface area contributed by atoms with Crippen molar-refractivity contribution in [3.8, 4) is 18.1 Å². The van der Waals surface area contributed by atoms with Gasteiger partial charge in [0.2, 0.25) is 5.91 Å². The van der Waals surface area contributed by atoms with Crippen LogP contribution >= 0.6 is 15.9 Å². The first-order valence-corrected chi connectivity index (χ1v) is 7.31. The number of carbonyl (C=O) groups is 1. The molecule has 110 valence electrons. The average molecular weight is 356 g/mol. The first kappa shape index (κ1) is 15.9. The van der Waals surface area contributed by atoms with E-state index in [0.717, 1.165) is 15.6 Å². The van der Waals surface area contributed by atoms with Crippen molar-refractivity contribution < 1.29 is 9.53 Å². The minimum atomic E-state index is -0.240. The van der Waals surface area contributed by atoms with Gasteiger partial charge >= 0.3 is 0 Å². The number of terminal acetylenes is 1. The quantitative estimate of drug-likeness (QED) is 0.662. The molecule has 0 aromatic heterocycles. The summed E-state index contributed by atoms with van der Waals surface area (Å²) < 4.78 is 6.17. The number of methoxy groups -OCH3 is 1. The zero-order valence-electron chi connectivity index (χ0n) is 12.0. The van der Waals surface area contributed by atoms with Crippen LogP contribution < -0.4 is 10.1 Å². The Morgan fingerprint density at radius 2 is 2.14 bits per heavy atom. The van der Waals surface area contributed by atoms with E-state index in [9.17, 15) is 4.79 Å². The summed E-state index contributed by atoms with van der Waals surface area (Å²) in [5, 5.41) is 2.77. The van der Waals surface area contributed by atoms with Gasteiger partial charge in [0.25, 0.3) is 0 Å². The molecule has 0 aliphatic rings. The van der Waals surface area contributed by atoms with E-state index in [1.165, 1.54) is 6.08 Å². The smallest absolute Gasteiger partial charge is 0.248 e. The Labute approximate surface area is 138 Å². The molecule has 2 rings (SSSR count). The number of nitrogens with one attached hydrogen (secondary N) is 1. The molecule has 2 aromatic carbocycles. The molecule has 0 aliphatic heterocycles. The van der Waals surface area contributed by atoms with Crippen molar-refractivity contribution in [3.63, 3.8) is 0 Å². The van der Waals surface area contributed by atoms with Crippen molar-refractivity contribution in [2.75, 3.05) is 12.4 Å². The van der Waals surface area contributed by atoms with Crippen molar-refractivity contribution in [1.29, 1.82) is 0 Å². The lowest BCUT2D eigenvalue weighted by Gasteiger charge is -2.05. The molecule has 0 saturated heterocycles. The highest BCUT2D eigenvalue weighted by molar-refractivity contribution is 9.10. The number of hydrogen-bond acceptors (Lipinski definition) is 2. The molecule has 0 saturated carbocycles. The number of anilines is 1. The van der Waals surface area contributed by atoms with Crippen LogP contribution in [0.4, 0.5) is 5.69 Å². The van der Waals surface area contributed by atoms with Gasteiger partial charge in [0, 0.05) is 27.4 Å². The van der Waals surface area contributed by atoms with E-state index >= 15 is 0 Å². The number of amides is 1. The molecule has 3 nitrogen and oxygen atoms in total. The molecule has 0 radical (unpaired) electrons. The number of halogens is 1. The van der Waals surface area contributed by atoms with Crippen molar-refractivity contribution in [2.45, 2.75) is 0 Å². The molecular formula is C18H14BrNO2. The van der Waals surface area contributed by atoms with Gasteiger partial charge in [-0.3, -0.25) is 4.79 Å². The normalized spacial score (nSPS) is 10.2. The molecule has 22 heavy (non-hydrogen) atoms. The highest BCUT2D eigenvalue weighted by Crippen LogP contribution is 2.24. The summed E-state index contributed by atoms with van der Waals surface area (Å²) in [6, 6.07) is 12.7. The second kappa shape index (κ2) is 7.48. The topological polar surface area (TPSA) is 38.3 Å². The van der Waals surface area contributed by atoms with Crippen LogP contribution in [0, 0.1) is 12.3 Å². The van der Waals surface area contributed by atoms with Crippen LogP contribution in [0.15, 0.2) is 53.0 Å². The number of rotatable bonds is 4. The summed E-state index contributed by atoms with van der Waals surface area (Å²) in [4.78, 5) is 12.0. The number of carbonyl (C=O) groups excluding carboxylic acids is 1. The van der Waals surface area contributed by atoms with Crippen molar-refractivity contribution >= 4 is 33.6 Å². The number of hydrogen-bond donors (Lipinski definition) is 1. The largest absolute Gasteiger partial charge is 0.496 e. The fraction of sp³-hybridized carbons (Fsp3) is 0.0556. The van der Waals surface area contributed by atoms with Gasteiger partial charge in [-0.2, -0.15) is 0 Å². The number of benzene rings is 2. The predicted molar refractivity (Wildman–Crippen MR) is 92.7 cm³/mol. The Kier molecular flexibility index (Phi) is 5.40. The Hall–Kier alpha value is -2.51. The third-order valence-corrected chi connectivity index (χ3v) is 3.40. The summed E-state index contributed by atoms with van der Waals surface area (Å²) in [6.45, 7) is 0. The van der Waals surface area contributed by atoms with Crippen LogP contribution in [0.3, 0.4) is 0 Å². The standard InChI is InChI=1S/C18H14BrNO2/c1-3-13-5-4-6-16(11-13)20-18(21)10-7-14-12-15(19)8-9-17(14)22-2/h1,4-12H,2H3,(H,20,21)/b10-7+. The third kappa shape index (κ3) is 4.24. The monoisotopic (exact) mass is 355 g/mol. The molecule has 0 heterocycles. The molecule has 0 aliphatic carbocycles. The molecular weight excluding hydrogens is 342 g/mol. The third-order valence-electron chi connectivity index (χ3n) is 2.90. The SMILES string of the molecule is C#Cc1cccc(NC(=O)/C=C/c2cc(Br)ccc2OC)c1. The molecule has 0 unspecified atom stereocenters. The van der Waals surface area contributed by atoms with Gasteiger partial charge in [-0.1, -0.05) is 27.9 Å². The van der Waals surface area contributed by atoms with Crippen LogP contribution in [0.5, 0.6) is 5.75 Å². The summed E-state index contributed by atoms with van der Waals surface area (Å²) in [5.74, 6) is 2.98. The lowest BCUT2D eigenvalue weighted by atomic mass is 10.2. The first-order chi connectivity index (χ1) is 10.6. The zero-order chi connectivity index (χ0) is 15.9. The predicted octanol–water partition coefficient (Wildman–Crippen LogP) is 4.09. The van der Waals surface area contributed by atoms with Gasteiger partial charge in [-0.05, 0) is 42.5 Å². The van der Waals surface area contributed by atoms with E-state index in [0.29, 0.717) is 11.4 Å². The van der Waals surface area contributed by atoms with Gasteiger partial charge in [-0.25, -0.2) is 0 Å². The lowest BCUT2D eigenvalue weighted by Crippen LogP contribution is -2.07. The minimum Gasteiger partial charge on any atom is -0.496 e. The molecule has 2 aromatic rings. The molecule has 1 N–H and O–H groups in total. The van der Waals surface area contributed by atoms with E-state index in [4.69, 9.17) is 11.2 Å². The maximum Gasteiger partial charge on any atom is 0.248 e. The van der Waals surface area contributed by atoms with Crippen LogP contribution in [-0.2, 0) is 4.79 Å². The van der Waals surface area contributed by atoms with E-state index < -0.39 is 0 Å². The van der Waals surface area contributed by atoms with Gasteiger partial charge in [0.15, 0.2) is 0 Å².